The predicted octanol–water partition coefficient (Wildman–Crippen LogP) is 3.77. The Morgan fingerprint density at radius 2 is 1.90 bits per heavy atom. The van der Waals surface area contributed by atoms with E-state index in [4.69, 9.17) is 32.7 Å². The first kappa shape index (κ1) is 14.0. The minimum absolute atomic E-state index is 0.147. The van der Waals surface area contributed by atoms with Crippen LogP contribution in [-0.4, -0.2) is 18.6 Å². The highest BCUT2D eigenvalue weighted by atomic mass is 35.5. The Morgan fingerprint density at radius 1 is 1.14 bits per heavy atom. The zero-order chi connectivity index (χ0) is 14.8. The van der Waals surface area contributed by atoms with E-state index in [1.807, 2.05) is 12.1 Å². The first-order valence-corrected chi connectivity index (χ1v) is 7.03. The fourth-order valence-electron chi connectivity index (χ4n) is 1.95. The van der Waals surface area contributed by atoms with Crippen LogP contribution in [0, 0.1) is 0 Å². The van der Waals surface area contributed by atoms with Crippen LogP contribution < -0.4 is 14.8 Å². The number of rotatable bonds is 2. The monoisotopic (exact) mass is 323 g/mol. The van der Waals surface area contributed by atoms with Gasteiger partial charge in [0.25, 0.3) is 5.91 Å². The van der Waals surface area contributed by atoms with Crippen molar-refractivity contribution < 1.29 is 14.3 Å². The van der Waals surface area contributed by atoms with Gasteiger partial charge in [-0.3, -0.25) is 4.79 Å². The van der Waals surface area contributed by atoms with Crippen molar-refractivity contribution in [2.45, 2.75) is 6.10 Å². The summed E-state index contributed by atoms with van der Waals surface area (Å²) in [6, 6.07) is 12.1. The number of benzene rings is 2. The fourth-order valence-corrected chi connectivity index (χ4v) is 2.41. The normalized spacial score (nSPS) is 16.4. The van der Waals surface area contributed by atoms with Gasteiger partial charge in [0.15, 0.2) is 11.5 Å². The van der Waals surface area contributed by atoms with Crippen LogP contribution in [0.5, 0.6) is 11.5 Å². The van der Waals surface area contributed by atoms with Gasteiger partial charge in [-0.15, -0.1) is 0 Å². The average molecular weight is 324 g/mol. The highest BCUT2D eigenvalue weighted by Gasteiger charge is 2.27. The van der Waals surface area contributed by atoms with E-state index in [0.717, 1.165) is 0 Å². The number of fused-ring (bicyclic) bond motifs is 1. The van der Waals surface area contributed by atoms with Crippen LogP contribution in [0.4, 0.5) is 5.69 Å². The first-order valence-electron chi connectivity index (χ1n) is 6.28. The molecule has 0 bridgehead atoms. The largest absolute Gasteiger partial charge is 0.485 e. The molecule has 2 aromatic carbocycles. The van der Waals surface area contributed by atoms with E-state index in [2.05, 4.69) is 5.32 Å². The summed E-state index contributed by atoms with van der Waals surface area (Å²) in [5.74, 6) is 0.853. The summed E-state index contributed by atoms with van der Waals surface area (Å²) >= 11 is 11.8. The van der Waals surface area contributed by atoms with Crippen LogP contribution in [-0.2, 0) is 4.79 Å². The summed E-state index contributed by atoms with van der Waals surface area (Å²) in [6.45, 7) is 0.147. The van der Waals surface area contributed by atoms with E-state index in [-0.39, 0.29) is 12.5 Å². The first-order chi connectivity index (χ1) is 10.1. The molecule has 0 aliphatic carbocycles. The number of carbonyl (C=O) groups is 1. The second kappa shape index (κ2) is 5.84. The summed E-state index contributed by atoms with van der Waals surface area (Å²) in [7, 11) is 0. The molecule has 1 atom stereocenters. The van der Waals surface area contributed by atoms with E-state index < -0.39 is 6.10 Å². The molecule has 0 saturated carbocycles. The number of hydrogen-bond donors (Lipinski definition) is 1. The van der Waals surface area contributed by atoms with E-state index in [1.54, 1.807) is 30.3 Å². The van der Waals surface area contributed by atoms with Crippen LogP contribution in [0.3, 0.4) is 0 Å². The quantitative estimate of drug-likeness (QED) is 0.915. The Bertz CT molecular complexity index is 690. The molecule has 0 saturated heterocycles. The van der Waals surface area contributed by atoms with Crippen molar-refractivity contribution in [3.8, 4) is 11.5 Å². The van der Waals surface area contributed by atoms with Crippen LogP contribution in [0.25, 0.3) is 0 Å². The average Bonchev–Trinajstić information content (AvgIpc) is 2.49. The van der Waals surface area contributed by atoms with Crippen molar-refractivity contribution in [1.29, 1.82) is 0 Å². The number of halogens is 2. The molecule has 6 heteroatoms. The van der Waals surface area contributed by atoms with Crippen LogP contribution in [0.2, 0.25) is 10.0 Å². The van der Waals surface area contributed by atoms with Crippen LogP contribution in [0.1, 0.15) is 0 Å². The molecule has 1 heterocycles. The predicted molar refractivity (Wildman–Crippen MR) is 81.4 cm³/mol. The van der Waals surface area contributed by atoms with E-state index in [0.29, 0.717) is 27.2 Å². The van der Waals surface area contributed by atoms with Crippen LogP contribution >= 0.6 is 23.2 Å². The number of hydrogen-bond acceptors (Lipinski definition) is 3. The topological polar surface area (TPSA) is 47.6 Å². The molecule has 0 fully saturated rings. The molecule has 1 amide bonds. The lowest BCUT2D eigenvalue weighted by Gasteiger charge is -2.25. The molecule has 0 radical (unpaired) electrons. The van der Waals surface area contributed by atoms with Crippen molar-refractivity contribution in [3.05, 3.63) is 52.5 Å². The fraction of sp³-hybridized carbons (Fsp3) is 0.133. The lowest BCUT2D eigenvalue weighted by Crippen LogP contribution is -2.40. The Morgan fingerprint density at radius 3 is 2.67 bits per heavy atom. The van der Waals surface area contributed by atoms with Crippen molar-refractivity contribution in [2.24, 2.45) is 0 Å². The number of ether oxygens (including phenoxy) is 2. The molecule has 1 aliphatic rings. The number of nitrogens with one attached hydrogen (secondary N) is 1. The standard InChI is InChI=1S/C15H11Cl2NO3/c16-9-5-6-11(10(17)7-9)18-15(19)14-8-20-12-3-1-2-4-13(12)21-14/h1-7,14H,8H2,(H,18,19)/t14-/m1/s1. The van der Waals surface area contributed by atoms with E-state index in [1.165, 1.54) is 0 Å². The van der Waals surface area contributed by atoms with Gasteiger partial charge in [0, 0.05) is 5.02 Å². The third kappa shape index (κ3) is 3.06. The second-order valence-corrected chi connectivity index (χ2v) is 5.32. The number of para-hydroxylation sites is 2. The van der Waals surface area contributed by atoms with Gasteiger partial charge in [0.05, 0.1) is 10.7 Å². The smallest absolute Gasteiger partial charge is 0.269 e. The Balaban J connectivity index is 1.72. The summed E-state index contributed by atoms with van der Waals surface area (Å²) < 4.78 is 11.1. The maximum Gasteiger partial charge on any atom is 0.269 e. The van der Waals surface area contributed by atoms with Crippen molar-refractivity contribution in [3.63, 3.8) is 0 Å². The Labute approximate surface area is 131 Å². The summed E-state index contributed by atoms with van der Waals surface area (Å²) in [5, 5.41) is 3.58. The van der Waals surface area contributed by atoms with Crippen molar-refractivity contribution in [2.75, 3.05) is 11.9 Å². The molecular weight excluding hydrogens is 313 g/mol. The zero-order valence-corrected chi connectivity index (χ0v) is 12.3. The van der Waals surface area contributed by atoms with Gasteiger partial charge in [-0.25, -0.2) is 0 Å². The molecule has 2 aromatic rings. The summed E-state index contributed by atoms with van der Waals surface area (Å²) in [6.07, 6.45) is -0.730. The maximum absolute atomic E-state index is 12.2. The molecule has 0 unspecified atom stereocenters. The summed E-state index contributed by atoms with van der Waals surface area (Å²) in [4.78, 5) is 12.2. The van der Waals surface area contributed by atoms with Gasteiger partial charge < -0.3 is 14.8 Å². The van der Waals surface area contributed by atoms with Gasteiger partial charge in [-0.1, -0.05) is 35.3 Å². The Kier molecular flexibility index (Phi) is 3.90. The highest BCUT2D eigenvalue weighted by Crippen LogP contribution is 2.31. The highest BCUT2D eigenvalue weighted by molar-refractivity contribution is 6.36. The van der Waals surface area contributed by atoms with Crippen molar-refractivity contribution >= 4 is 34.8 Å². The van der Waals surface area contributed by atoms with Crippen LogP contribution in [0.15, 0.2) is 42.5 Å². The molecule has 1 N–H and O–H groups in total. The number of amides is 1. The van der Waals surface area contributed by atoms with E-state index in [9.17, 15) is 4.79 Å². The van der Waals surface area contributed by atoms with Gasteiger partial charge >= 0.3 is 0 Å². The lowest BCUT2D eigenvalue weighted by atomic mass is 10.2. The number of carbonyl (C=O) groups excluding carboxylic acids is 1. The lowest BCUT2D eigenvalue weighted by molar-refractivity contribution is -0.125. The van der Waals surface area contributed by atoms with E-state index >= 15 is 0 Å². The summed E-state index contributed by atoms with van der Waals surface area (Å²) in [5.41, 5.74) is 0.480. The van der Waals surface area contributed by atoms with Gasteiger partial charge in [0.2, 0.25) is 6.10 Å². The Hall–Kier alpha value is -1.91. The maximum atomic E-state index is 12.2. The molecule has 4 nitrogen and oxygen atoms in total. The number of anilines is 1. The van der Waals surface area contributed by atoms with Gasteiger partial charge in [0.1, 0.15) is 6.61 Å². The molecule has 3 rings (SSSR count). The zero-order valence-electron chi connectivity index (χ0n) is 10.8. The molecule has 108 valence electrons. The molecule has 0 spiro atoms. The molecular formula is C15H11Cl2NO3. The molecule has 21 heavy (non-hydrogen) atoms. The van der Waals surface area contributed by atoms with Gasteiger partial charge in [-0.2, -0.15) is 0 Å². The minimum atomic E-state index is -0.730. The third-order valence-corrected chi connectivity index (χ3v) is 3.54. The van der Waals surface area contributed by atoms with Gasteiger partial charge in [-0.05, 0) is 30.3 Å². The third-order valence-electron chi connectivity index (χ3n) is 2.99. The SMILES string of the molecule is O=C(Nc1ccc(Cl)cc1Cl)[C@H]1COc2ccccc2O1. The molecule has 0 aromatic heterocycles. The minimum Gasteiger partial charge on any atom is -0.485 e. The second-order valence-electron chi connectivity index (χ2n) is 4.48. The van der Waals surface area contributed by atoms with Crippen molar-refractivity contribution in [1.82, 2.24) is 0 Å². The molecule has 1 aliphatic heterocycles.